The molecule has 1 aromatic heterocycles. The molecule has 2 aromatic rings. The quantitative estimate of drug-likeness (QED) is 0.385. The van der Waals surface area contributed by atoms with Crippen molar-refractivity contribution in [2.24, 2.45) is 11.8 Å². The van der Waals surface area contributed by atoms with Gasteiger partial charge in [0.2, 0.25) is 0 Å². The number of rotatable bonds is 6. The second kappa shape index (κ2) is 10.6. The number of carbonyl (C=O) groups excluding carboxylic acids is 2. The Morgan fingerprint density at radius 3 is 2.68 bits per heavy atom. The molecular weight excluding hydrogens is 482 g/mol. The number of carbonyl (C=O) groups is 2. The van der Waals surface area contributed by atoms with Crippen molar-refractivity contribution < 1.29 is 23.8 Å². The van der Waals surface area contributed by atoms with Gasteiger partial charge in [-0.05, 0) is 89.1 Å². The first-order valence-corrected chi connectivity index (χ1v) is 13.7. The number of amides is 1. The monoisotopic (exact) mass is 521 g/mol. The standard InChI is InChI=1S/C30H39N3O5/c1-6-19-18-32-15-12-20(19)16-26(32)27(22-11-13-31-24-10-9-21(36-5)17-23(22)24)37-28(34)25-8-7-14-33(25)29(35)38-30(2,3)4/h6,9-11,13,17,19-20,25-27H,1,7-8,12,14-16,18H2,2-5H3/t19?,20?,25-,26?,27-/m1/s1. The highest BCUT2D eigenvalue weighted by Crippen LogP contribution is 2.44. The Bertz CT molecular complexity index is 1210. The fraction of sp³-hybridized carbons (Fsp3) is 0.567. The molecule has 1 amide bonds. The van der Waals surface area contributed by atoms with Crippen molar-refractivity contribution in [2.75, 3.05) is 26.7 Å². The zero-order chi connectivity index (χ0) is 27.0. The number of hydrogen-bond acceptors (Lipinski definition) is 7. The largest absolute Gasteiger partial charge is 0.497 e. The molecule has 204 valence electrons. The van der Waals surface area contributed by atoms with Gasteiger partial charge in [0.05, 0.1) is 18.7 Å². The second-order valence-corrected chi connectivity index (χ2v) is 11.7. The van der Waals surface area contributed by atoms with Gasteiger partial charge in [-0.3, -0.25) is 14.8 Å². The van der Waals surface area contributed by atoms with Gasteiger partial charge >= 0.3 is 12.1 Å². The second-order valence-electron chi connectivity index (χ2n) is 11.7. The Labute approximate surface area is 224 Å². The van der Waals surface area contributed by atoms with Crippen LogP contribution < -0.4 is 4.74 Å². The number of hydrogen-bond donors (Lipinski definition) is 0. The van der Waals surface area contributed by atoms with Crippen LogP contribution in [0.25, 0.3) is 10.9 Å². The molecule has 0 saturated carbocycles. The Morgan fingerprint density at radius 2 is 2.00 bits per heavy atom. The highest BCUT2D eigenvalue weighted by atomic mass is 16.6. The third-order valence-corrected chi connectivity index (χ3v) is 8.19. The van der Waals surface area contributed by atoms with Crippen LogP contribution in [0.4, 0.5) is 4.79 Å². The maximum absolute atomic E-state index is 13.8. The lowest BCUT2D eigenvalue weighted by molar-refractivity contribution is -0.162. The van der Waals surface area contributed by atoms with Crippen molar-refractivity contribution in [1.82, 2.24) is 14.8 Å². The number of esters is 1. The smallest absolute Gasteiger partial charge is 0.411 e. The van der Waals surface area contributed by atoms with Gasteiger partial charge in [0.25, 0.3) is 0 Å². The van der Waals surface area contributed by atoms with Crippen LogP contribution in [-0.4, -0.2) is 71.3 Å². The van der Waals surface area contributed by atoms with Crippen LogP contribution in [0.3, 0.4) is 0 Å². The molecule has 0 aliphatic carbocycles. The predicted octanol–water partition coefficient (Wildman–Crippen LogP) is 5.12. The van der Waals surface area contributed by atoms with Crippen molar-refractivity contribution in [3.63, 3.8) is 0 Å². The summed E-state index contributed by atoms with van der Waals surface area (Å²) in [6.07, 6.45) is 6.20. The number of pyridine rings is 1. The molecule has 4 aliphatic heterocycles. The molecule has 0 radical (unpaired) electrons. The molecule has 6 atom stereocenters. The topological polar surface area (TPSA) is 81.2 Å². The van der Waals surface area contributed by atoms with E-state index >= 15 is 0 Å². The van der Waals surface area contributed by atoms with Crippen LogP contribution in [0.15, 0.2) is 43.1 Å². The molecule has 38 heavy (non-hydrogen) atoms. The minimum Gasteiger partial charge on any atom is -0.497 e. The molecule has 4 unspecified atom stereocenters. The van der Waals surface area contributed by atoms with Gasteiger partial charge in [-0.2, -0.15) is 0 Å². The van der Waals surface area contributed by atoms with E-state index in [9.17, 15) is 9.59 Å². The van der Waals surface area contributed by atoms with E-state index < -0.39 is 23.8 Å². The highest BCUT2D eigenvalue weighted by molar-refractivity contribution is 5.85. The van der Waals surface area contributed by atoms with Gasteiger partial charge in [0, 0.05) is 30.2 Å². The summed E-state index contributed by atoms with van der Waals surface area (Å²) in [5, 5.41) is 0.906. The maximum Gasteiger partial charge on any atom is 0.411 e. The summed E-state index contributed by atoms with van der Waals surface area (Å²) >= 11 is 0. The van der Waals surface area contributed by atoms with Gasteiger partial charge in [0.15, 0.2) is 0 Å². The van der Waals surface area contributed by atoms with E-state index in [4.69, 9.17) is 14.2 Å². The number of piperidine rings is 3. The third kappa shape index (κ3) is 5.23. The number of ether oxygens (including phenoxy) is 3. The number of methoxy groups -OCH3 is 1. The maximum atomic E-state index is 13.8. The van der Waals surface area contributed by atoms with Crippen LogP contribution in [0.2, 0.25) is 0 Å². The molecule has 6 rings (SSSR count). The molecule has 8 heteroatoms. The lowest BCUT2D eigenvalue weighted by Gasteiger charge is -2.51. The minimum atomic E-state index is -0.660. The van der Waals surface area contributed by atoms with E-state index in [2.05, 4.69) is 22.5 Å². The summed E-state index contributed by atoms with van der Waals surface area (Å²) in [6.45, 7) is 11.9. The number of nitrogens with zero attached hydrogens (tertiary/aromatic N) is 3. The lowest BCUT2D eigenvalue weighted by atomic mass is 9.73. The Hall–Kier alpha value is -3.13. The zero-order valence-corrected chi connectivity index (χ0v) is 22.9. The molecule has 2 bridgehead atoms. The molecule has 0 N–H and O–H groups in total. The van der Waals surface area contributed by atoms with Crippen molar-refractivity contribution >= 4 is 23.0 Å². The van der Waals surface area contributed by atoms with Crippen molar-refractivity contribution in [1.29, 1.82) is 0 Å². The number of fused-ring (bicyclic) bond motifs is 4. The molecule has 4 saturated heterocycles. The SMILES string of the molecule is C=CC1CN2CCC1CC2[C@H](OC(=O)[C@H]1CCCN1C(=O)OC(C)(C)C)c1ccnc2ccc(OC)cc12. The average molecular weight is 522 g/mol. The van der Waals surface area contributed by atoms with Gasteiger partial charge in [-0.15, -0.1) is 6.58 Å². The molecule has 4 fully saturated rings. The predicted molar refractivity (Wildman–Crippen MR) is 145 cm³/mol. The molecule has 1 aromatic carbocycles. The fourth-order valence-electron chi connectivity index (χ4n) is 6.32. The number of benzene rings is 1. The van der Waals surface area contributed by atoms with E-state index in [1.807, 2.05) is 45.0 Å². The van der Waals surface area contributed by atoms with Gasteiger partial charge in [-0.1, -0.05) is 6.08 Å². The molecule has 0 spiro atoms. The lowest BCUT2D eigenvalue weighted by Crippen LogP contribution is -2.56. The van der Waals surface area contributed by atoms with Gasteiger partial charge < -0.3 is 14.2 Å². The van der Waals surface area contributed by atoms with Crippen LogP contribution in [-0.2, 0) is 14.3 Å². The summed E-state index contributed by atoms with van der Waals surface area (Å²) in [7, 11) is 1.64. The van der Waals surface area contributed by atoms with E-state index in [1.54, 1.807) is 13.3 Å². The summed E-state index contributed by atoms with van der Waals surface area (Å²) in [5.41, 5.74) is 1.10. The normalized spacial score (nSPS) is 27.7. The van der Waals surface area contributed by atoms with Crippen LogP contribution in [0.5, 0.6) is 5.75 Å². The number of aromatic nitrogens is 1. The summed E-state index contributed by atoms with van der Waals surface area (Å²) in [4.78, 5) is 35.2. The molecule has 5 heterocycles. The van der Waals surface area contributed by atoms with Crippen LogP contribution >= 0.6 is 0 Å². The average Bonchev–Trinajstić information content (AvgIpc) is 3.41. The number of likely N-dealkylation sites (tertiary alicyclic amines) is 1. The first-order valence-electron chi connectivity index (χ1n) is 13.7. The first-order chi connectivity index (χ1) is 18.2. The third-order valence-electron chi connectivity index (χ3n) is 8.19. The van der Waals surface area contributed by atoms with Crippen molar-refractivity contribution in [2.45, 2.75) is 70.2 Å². The zero-order valence-electron chi connectivity index (χ0n) is 22.9. The summed E-state index contributed by atoms with van der Waals surface area (Å²) in [5.74, 6) is 1.30. The van der Waals surface area contributed by atoms with E-state index in [-0.39, 0.29) is 12.0 Å². The summed E-state index contributed by atoms with van der Waals surface area (Å²) in [6, 6.07) is 7.10. The summed E-state index contributed by atoms with van der Waals surface area (Å²) < 4.78 is 17.6. The van der Waals surface area contributed by atoms with Crippen molar-refractivity contribution in [3.05, 3.63) is 48.7 Å². The first kappa shape index (κ1) is 26.5. The Morgan fingerprint density at radius 1 is 1.18 bits per heavy atom. The van der Waals surface area contributed by atoms with Gasteiger partial charge in [-0.25, -0.2) is 9.59 Å². The van der Waals surface area contributed by atoms with E-state index in [0.29, 0.717) is 24.8 Å². The minimum absolute atomic E-state index is 0.0297. The van der Waals surface area contributed by atoms with Gasteiger partial charge in [0.1, 0.15) is 23.5 Å². The fourth-order valence-corrected chi connectivity index (χ4v) is 6.32. The van der Waals surface area contributed by atoms with Crippen molar-refractivity contribution in [3.8, 4) is 5.75 Å². The van der Waals surface area contributed by atoms with E-state index in [0.717, 1.165) is 54.6 Å². The molecule has 4 aliphatic rings. The highest BCUT2D eigenvalue weighted by Gasteiger charge is 2.46. The Kier molecular flexibility index (Phi) is 7.36. The van der Waals surface area contributed by atoms with Crippen LogP contribution in [0, 0.1) is 11.8 Å². The van der Waals surface area contributed by atoms with Crippen LogP contribution in [0.1, 0.15) is 58.1 Å². The molecular formula is C30H39N3O5. The van der Waals surface area contributed by atoms with E-state index in [1.165, 1.54) is 4.90 Å². The molecule has 8 nitrogen and oxygen atoms in total. The Balaban J connectivity index is 1.48.